The van der Waals surface area contributed by atoms with Crippen molar-refractivity contribution in [1.82, 2.24) is 19.7 Å². The van der Waals surface area contributed by atoms with Crippen LogP contribution in [0.2, 0.25) is 0 Å². The molecule has 1 unspecified atom stereocenters. The highest BCUT2D eigenvalue weighted by Gasteiger charge is 2.39. The summed E-state index contributed by atoms with van der Waals surface area (Å²) in [5.41, 5.74) is 5.41. The van der Waals surface area contributed by atoms with Gasteiger partial charge in [-0.3, -0.25) is 9.69 Å². The van der Waals surface area contributed by atoms with E-state index in [1.807, 2.05) is 75.4 Å². The fourth-order valence-electron chi connectivity index (χ4n) is 4.94. The number of amides is 1. The first-order valence-electron chi connectivity index (χ1n) is 11.9. The summed E-state index contributed by atoms with van der Waals surface area (Å²) in [6, 6.07) is 17.6. The van der Waals surface area contributed by atoms with Crippen molar-refractivity contribution in [2.75, 3.05) is 19.1 Å². The topological polar surface area (TPSA) is 82.4 Å². The van der Waals surface area contributed by atoms with Crippen LogP contribution in [0.3, 0.4) is 0 Å². The van der Waals surface area contributed by atoms with Gasteiger partial charge in [-0.25, -0.2) is 9.97 Å². The maximum atomic E-state index is 13.8. The molecule has 0 saturated carbocycles. The average molecular weight is 484 g/mol. The van der Waals surface area contributed by atoms with E-state index in [-0.39, 0.29) is 11.8 Å². The molecule has 0 radical (unpaired) electrons. The molecular formula is C28H29N5O3. The first kappa shape index (κ1) is 23.5. The number of rotatable bonds is 6. The number of ether oxygens (including phenoxy) is 2. The quantitative estimate of drug-likeness (QED) is 0.396. The maximum Gasteiger partial charge on any atom is 0.252 e. The van der Waals surface area contributed by atoms with Crippen LogP contribution < -0.4 is 14.4 Å². The Labute approximate surface area is 210 Å². The maximum absolute atomic E-state index is 13.8. The Morgan fingerprint density at radius 1 is 0.944 bits per heavy atom. The molecule has 1 atom stereocenters. The van der Waals surface area contributed by atoms with Gasteiger partial charge in [-0.2, -0.15) is 9.78 Å². The molecule has 4 aromatic rings. The predicted octanol–water partition coefficient (Wildman–Crippen LogP) is 4.67. The van der Waals surface area contributed by atoms with Crippen molar-refractivity contribution in [1.29, 1.82) is 0 Å². The molecule has 36 heavy (non-hydrogen) atoms. The van der Waals surface area contributed by atoms with Crippen LogP contribution in [0.1, 0.15) is 46.1 Å². The summed E-state index contributed by atoms with van der Waals surface area (Å²) in [4.78, 5) is 24.9. The average Bonchev–Trinajstić information content (AvgIpc) is 3.22. The van der Waals surface area contributed by atoms with E-state index in [2.05, 4.69) is 9.97 Å². The molecule has 2 aromatic heterocycles. The summed E-state index contributed by atoms with van der Waals surface area (Å²) in [5, 5.41) is 4.87. The van der Waals surface area contributed by atoms with Gasteiger partial charge in [0.2, 0.25) is 5.91 Å². The summed E-state index contributed by atoms with van der Waals surface area (Å²) >= 11 is 0. The molecule has 0 N–H and O–H groups in total. The normalized spacial score (nSPS) is 15.1. The Morgan fingerprint density at radius 3 is 2.33 bits per heavy atom. The second kappa shape index (κ2) is 9.45. The predicted molar refractivity (Wildman–Crippen MR) is 137 cm³/mol. The number of anilines is 1. The SMILES string of the molecule is COc1ccc(C2CC(=O)N(Cc3ccccc3)c3c2c(C)nn3-c2nc(C)cc(C)n2)c(OC)c1. The van der Waals surface area contributed by atoms with Gasteiger partial charge in [-0.1, -0.05) is 36.4 Å². The summed E-state index contributed by atoms with van der Waals surface area (Å²) < 4.78 is 12.8. The van der Waals surface area contributed by atoms with Crippen molar-refractivity contribution in [3.8, 4) is 17.4 Å². The van der Waals surface area contributed by atoms with Crippen LogP contribution in [-0.4, -0.2) is 39.9 Å². The third kappa shape index (κ3) is 4.19. The van der Waals surface area contributed by atoms with Crippen molar-refractivity contribution in [2.45, 2.75) is 39.7 Å². The van der Waals surface area contributed by atoms with Crippen molar-refractivity contribution < 1.29 is 14.3 Å². The third-order valence-corrected chi connectivity index (χ3v) is 6.52. The first-order valence-corrected chi connectivity index (χ1v) is 11.9. The molecule has 5 rings (SSSR count). The van der Waals surface area contributed by atoms with E-state index in [1.165, 1.54) is 0 Å². The largest absolute Gasteiger partial charge is 0.497 e. The lowest BCUT2D eigenvalue weighted by molar-refractivity contribution is -0.119. The van der Waals surface area contributed by atoms with E-state index >= 15 is 0 Å². The van der Waals surface area contributed by atoms with Crippen LogP contribution in [0.25, 0.3) is 5.95 Å². The second-order valence-electron chi connectivity index (χ2n) is 9.02. The molecule has 2 aromatic carbocycles. The highest BCUT2D eigenvalue weighted by molar-refractivity contribution is 5.97. The van der Waals surface area contributed by atoms with Crippen LogP contribution in [0, 0.1) is 20.8 Å². The number of aromatic nitrogens is 4. The van der Waals surface area contributed by atoms with Gasteiger partial charge in [-0.05, 0) is 38.5 Å². The molecule has 1 aliphatic heterocycles. The van der Waals surface area contributed by atoms with Gasteiger partial charge in [0.15, 0.2) is 0 Å². The van der Waals surface area contributed by atoms with Gasteiger partial charge in [0.05, 0.1) is 26.5 Å². The zero-order chi connectivity index (χ0) is 25.4. The third-order valence-electron chi connectivity index (χ3n) is 6.52. The van der Waals surface area contributed by atoms with E-state index in [0.29, 0.717) is 36.2 Å². The van der Waals surface area contributed by atoms with Crippen LogP contribution in [0.15, 0.2) is 54.6 Å². The van der Waals surface area contributed by atoms with E-state index < -0.39 is 0 Å². The monoisotopic (exact) mass is 483 g/mol. The lowest BCUT2D eigenvalue weighted by Gasteiger charge is -2.33. The number of nitrogens with zero attached hydrogens (tertiary/aromatic N) is 5. The van der Waals surface area contributed by atoms with Crippen LogP contribution >= 0.6 is 0 Å². The molecule has 0 spiro atoms. The van der Waals surface area contributed by atoms with Crippen molar-refractivity contribution in [2.24, 2.45) is 0 Å². The van der Waals surface area contributed by atoms with Gasteiger partial charge < -0.3 is 9.47 Å². The number of methoxy groups -OCH3 is 2. The molecule has 8 nitrogen and oxygen atoms in total. The number of fused-ring (bicyclic) bond motifs is 1. The fourth-order valence-corrected chi connectivity index (χ4v) is 4.94. The zero-order valence-electron chi connectivity index (χ0n) is 21.1. The summed E-state index contributed by atoms with van der Waals surface area (Å²) in [5.74, 6) is 2.27. The lowest BCUT2D eigenvalue weighted by atomic mass is 9.84. The minimum absolute atomic E-state index is 0.000232. The Hall–Kier alpha value is -4.20. The van der Waals surface area contributed by atoms with E-state index in [4.69, 9.17) is 14.6 Å². The van der Waals surface area contributed by atoms with E-state index in [9.17, 15) is 4.79 Å². The molecule has 0 bridgehead atoms. The molecule has 0 saturated heterocycles. The van der Waals surface area contributed by atoms with E-state index in [1.54, 1.807) is 23.8 Å². The molecule has 0 fully saturated rings. The number of aryl methyl sites for hydroxylation is 3. The molecule has 0 aliphatic carbocycles. The van der Waals surface area contributed by atoms with Gasteiger partial charge in [-0.15, -0.1) is 0 Å². The summed E-state index contributed by atoms with van der Waals surface area (Å²) in [6.45, 7) is 6.25. The molecule has 3 heterocycles. The zero-order valence-corrected chi connectivity index (χ0v) is 21.1. The Kier molecular flexibility index (Phi) is 6.18. The van der Waals surface area contributed by atoms with Gasteiger partial charge in [0, 0.05) is 40.9 Å². The fraction of sp³-hybridized carbons (Fsp3) is 0.286. The lowest BCUT2D eigenvalue weighted by Crippen LogP contribution is -2.38. The highest BCUT2D eigenvalue weighted by Crippen LogP contribution is 2.46. The molecule has 8 heteroatoms. The molecule has 184 valence electrons. The van der Waals surface area contributed by atoms with Crippen LogP contribution in [0.5, 0.6) is 11.5 Å². The molecule has 1 amide bonds. The van der Waals surface area contributed by atoms with E-state index in [0.717, 1.165) is 33.8 Å². The second-order valence-corrected chi connectivity index (χ2v) is 9.02. The Morgan fingerprint density at radius 2 is 1.67 bits per heavy atom. The van der Waals surface area contributed by atoms with Gasteiger partial charge >= 0.3 is 0 Å². The van der Waals surface area contributed by atoms with Crippen molar-refractivity contribution in [3.63, 3.8) is 0 Å². The minimum Gasteiger partial charge on any atom is -0.497 e. The minimum atomic E-state index is -0.236. The number of hydrogen-bond acceptors (Lipinski definition) is 6. The standard InChI is InChI=1S/C28H29N5O3/c1-17-13-18(2)30-28(29-17)33-27-26(19(3)31-33)23(22-12-11-21(35-4)14-24(22)36-5)15-25(34)32(27)16-20-9-7-6-8-10-20/h6-14,23H,15-16H2,1-5H3. The Balaban J connectivity index is 1.72. The smallest absolute Gasteiger partial charge is 0.252 e. The summed E-state index contributed by atoms with van der Waals surface area (Å²) in [6.07, 6.45) is 0.294. The van der Waals surface area contributed by atoms with Crippen molar-refractivity contribution in [3.05, 3.63) is 88.4 Å². The van der Waals surface area contributed by atoms with Crippen molar-refractivity contribution >= 4 is 11.7 Å². The van der Waals surface area contributed by atoms with Gasteiger partial charge in [0.1, 0.15) is 17.3 Å². The van der Waals surface area contributed by atoms with Crippen LogP contribution in [0.4, 0.5) is 5.82 Å². The first-order chi connectivity index (χ1) is 17.4. The number of benzene rings is 2. The number of carbonyl (C=O) groups excluding carboxylic acids is 1. The highest BCUT2D eigenvalue weighted by atomic mass is 16.5. The Bertz CT molecular complexity index is 1410. The summed E-state index contributed by atoms with van der Waals surface area (Å²) in [7, 11) is 3.25. The number of hydrogen-bond donors (Lipinski definition) is 0. The molecular weight excluding hydrogens is 454 g/mol. The van der Waals surface area contributed by atoms with Crippen LogP contribution in [-0.2, 0) is 11.3 Å². The molecule has 1 aliphatic rings. The van der Waals surface area contributed by atoms with Gasteiger partial charge in [0.25, 0.3) is 5.95 Å². The number of carbonyl (C=O) groups is 1.